The Morgan fingerprint density at radius 3 is 2.75 bits per heavy atom. The molecule has 0 fully saturated rings. The van der Waals surface area contributed by atoms with E-state index in [1.54, 1.807) is 29.8 Å². The summed E-state index contributed by atoms with van der Waals surface area (Å²) in [6, 6.07) is 12.7. The fourth-order valence-corrected chi connectivity index (χ4v) is 3.04. The predicted molar refractivity (Wildman–Crippen MR) is 105 cm³/mol. The second-order valence-electron chi connectivity index (χ2n) is 6.48. The van der Waals surface area contributed by atoms with Crippen molar-refractivity contribution in [3.63, 3.8) is 0 Å². The fourth-order valence-electron chi connectivity index (χ4n) is 3.04. The van der Waals surface area contributed by atoms with Crippen molar-refractivity contribution in [1.29, 1.82) is 0 Å². The molecule has 28 heavy (non-hydrogen) atoms. The van der Waals surface area contributed by atoms with Crippen LogP contribution in [0.25, 0.3) is 27.8 Å². The zero-order valence-electron chi connectivity index (χ0n) is 15.5. The zero-order chi connectivity index (χ0) is 19.7. The van der Waals surface area contributed by atoms with Crippen LogP contribution in [0.2, 0.25) is 0 Å². The first kappa shape index (κ1) is 17.9. The normalized spacial score (nSPS) is 11.2. The number of benzene rings is 2. The van der Waals surface area contributed by atoms with Gasteiger partial charge in [-0.15, -0.1) is 0 Å². The summed E-state index contributed by atoms with van der Waals surface area (Å²) < 4.78 is 6.57. The molecule has 0 unspecified atom stereocenters. The Hall–Kier alpha value is -3.52. The number of carbonyl (C=O) groups is 1. The third-order valence-corrected chi connectivity index (χ3v) is 4.54. The van der Waals surface area contributed by atoms with Gasteiger partial charge in [0.2, 0.25) is 0 Å². The summed E-state index contributed by atoms with van der Waals surface area (Å²) in [4.78, 5) is 29.1. The van der Waals surface area contributed by atoms with Gasteiger partial charge < -0.3 is 10.1 Å². The molecule has 0 saturated heterocycles. The highest BCUT2D eigenvalue weighted by atomic mass is 16.5. The quantitative estimate of drug-likeness (QED) is 0.518. The Kier molecular flexibility index (Phi) is 4.62. The average molecular weight is 377 g/mol. The molecular weight excluding hydrogens is 358 g/mol. The van der Waals surface area contributed by atoms with Crippen molar-refractivity contribution in [2.24, 2.45) is 0 Å². The average Bonchev–Trinajstić information content (AvgIpc) is 3.12. The van der Waals surface area contributed by atoms with E-state index in [9.17, 15) is 9.59 Å². The highest BCUT2D eigenvalue weighted by molar-refractivity contribution is 5.98. The summed E-state index contributed by atoms with van der Waals surface area (Å²) in [6.07, 6.45) is 0. The van der Waals surface area contributed by atoms with Gasteiger partial charge in [-0.2, -0.15) is 10.1 Å². The standard InChI is InChI=1S/C20H19N5O3/c1-12-3-5-13(6-4-12)17-18-22-20(27)15-8-7-14(19(26)21-9-10-28-2)11-16(15)25(18)24-23-17/h3-8,11,24H,9-10H2,1-2H3,(H,21,26). The molecule has 2 aromatic carbocycles. The van der Waals surface area contributed by atoms with Crippen molar-refractivity contribution in [2.75, 3.05) is 20.3 Å². The number of carbonyl (C=O) groups excluding carboxylic acids is 1. The lowest BCUT2D eigenvalue weighted by Crippen LogP contribution is -2.27. The maximum absolute atomic E-state index is 12.5. The Bertz CT molecular complexity index is 1220. The molecule has 4 aromatic rings. The maximum Gasteiger partial charge on any atom is 0.281 e. The van der Waals surface area contributed by atoms with Gasteiger partial charge in [-0.3, -0.25) is 9.59 Å². The number of methoxy groups -OCH3 is 1. The number of rotatable bonds is 5. The van der Waals surface area contributed by atoms with E-state index in [4.69, 9.17) is 4.74 Å². The number of aromatic amines is 1. The smallest absolute Gasteiger partial charge is 0.281 e. The van der Waals surface area contributed by atoms with E-state index in [0.717, 1.165) is 11.1 Å². The van der Waals surface area contributed by atoms with Crippen molar-refractivity contribution in [3.05, 3.63) is 63.9 Å². The molecule has 2 heterocycles. The molecule has 0 spiro atoms. The lowest BCUT2D eigenvalue weighted by atomic mass is 10.1. The predicted octanol–water partition coefficient (Wildman–Crippen LogP) is 1.92. The minimum atomic E-state index is -0.365. The number of aromatic nitrogens is 4. The fraction of sp³-hybridized carbons (Fsp3) is 0.200. The van der Waals surface area contributed by atoms with Crippen molar-refractivity contribution >= 4 is 22.5 Å². The first-order chi connectivity index (χ1) is 13.6. The van der Waals surface area contributed by atoms with Gasteiger partial charge in [0.05, 0.1) is 17.5 Å². The number of hydrogen-bond donors (Lipinski definition) is 2. The van der Waals surface area contributed by atoms with Crippen molar-refractivity contribution in [2.45, 2.75) is 6.92 Å². The van der Waals surface area contributed by atoms with Gasteiger partial charge in [-0.1, -0.05) is 29.8 Å². The van der Waals surface area contributed by atoms with E-state index in [2.05, 4.69) is 20.6 Å². The van der Waals surface area contributed by atoms with Crippen LogP contribution in [0.5, 0.6) is 0 Å². The molecule has 8 heteroatoms. The van der Waals surface area contributed by atoms with Crippen LogP contribution in [0.3, 0.4) is 0 Å². The molecule has 2 N–H and O–H groups in total. The number of nitrogens with one attached hydrogen (secondary N) is 2. The SMILES string of the molecule is COCCNC(=O)c1ccc2c(=O)nc3c(-c4ccc(C)cc4)n[nH]n3c2c1. The van der Waals surface area contributed by atoms with Crippen LogP contribution in [0.15, 0.2) is 47.3 Å². The van der Waals surface area contributed by atoms with Crippen LogP contribution in [0, 0.1) is 6.92 Å². The second kappa shape index (κ2) is 7.24. The topological polar surface area (TPSA) is 101 Å². The van der Waals surface area contributed by atoms with Crippen LogP contribution in [0.1, 0.15) is 15.9 Å². The van der Waals surface area contributed by atoms with Crippen molar-refractivity contribution in [3.8, 4) is 11.3 Å². The lowest BCUT2D eigenvalue weighted by molar-refractivity contribution is 0.0937. The molecule has 8 nitrogen and oxygen atoms in total. The first-order valence-corrected chi connectivity index (χ1v) is 8.83. The van der Waals surface area contributed by atoms with Gasteiger partial charge in [-0.05, 0) is 25.1 Å². The monoisotopic (exact) mass is 377 g/mol. The number of nitrogens with zero attached hydrogens (tertiary/aromatic N) is 3. The molecule has 0 aliphatic heterocycles. The minimum Gasteiger partial charge on any atom is -0.383 e. The summed E-state index contributed by atoms with van der Waals surface area (Å²) in [7, 11) is 1.57. The number of amides is 1. The number of fused-ring (bicyclic) bond motifs is 3. The summed E-state index contributed by atoms with van der Waals surface area (Å²) in [5.74, 6) is -0.241. The van der Waals surface area contributed by atoms with Gasteiger partial charge in [0, 0.05) is 24.8 Å². The summed E-state index contributed by atoms with van der Waals surface area (Å²) in [6.45, 7) is 2.83. The third kappa shape index (κ3) is 3.14. The van der Waals surface area contributed by atoms with E-state index in [0.29, 0.717) is 41.0 Å². The van der Waals surface area contributed by atoms with Crippen molar-refractivity contribution in [1.82, 2.24) is 25.1 Å². The van der Waals surface area contributed by atoms with E-state index in [1.165, 1.54) is 0 Å². The molecule has 2 aromatic heterocycles. The molecule has 0 aliphatic carbocycles. The summed E-state index contributed by atoms with van der Waals surface area (Å²) >= 11 is 0. The molecule has 4 rings (SSSR count). The number of aryl methyl sites for hydroxylation is 1. The summed E-state index contributed by atoms with van der Waals surface area (Å²) in [5, 5.41) is 10.4. The number of hydrogen-bond acceptors (Lipinski definition) is 5. The first-order valence-electron chi connectivity index (χ1n) is 8.83. The van der Waals surface area contributed by atoms with E-state index < -0.39 is 0 Å². The van der Waals surface area contributed by atoms with E-state index >= 15 is 0 Å². The Morgan fingerprint density at radius 2 is 2.00 bits per heavy atom. The Balaban J connectivity index is 1.84. The molecule has 0 bridgehead atoms. The largest absolute Gasteiger partial charge is 0.383 e. The Morgan fingerprint density at radius 1 is 1.21 bits per heavy atom. The summed E-state index contributed by atoms with van der Waals surface area (Å²) in [5.41, 5.74) is 3.59. The molecule has 1 amide bonds. The maximum atomic E-state index is 12.5. The molecule has 0 atom stereocenters. The molecule has 0 aliphatic rings. The lowest BCUT2D eigenvalue weighted by Gasteiger charge is -2.06. The number of ether oxygens (including phenoxy) is 1. The number of H-pyrrole nitrogens is 1. The Labute approximate surface area is 160 Å². The minimum absolute atomic E-state index is 0.241. The molecule has 0 saturated carbocycles. The highest BCUT2D eigenvalue weighted by Crippen LogP contribution is 2.23. The van der Waals surface area contributed by atoms with Crippen LogP contribution in [-0.2, 0) is 4.74 Å². The van der Waals surface area contributed by atoms with Gasteiger partial charge in [0.15, 0.2) is 5.65 Å². The van der Waals surface area contributed by atoms with E-state index in [-0.39, 0.29) is 11.5 Å². The van der Waals surface area contributed by atoms with E-state index in [1.807, 2.05) is 31.2 Å². The molecule has 0 radical (unpaired) electrons. The van der Waals surface area contributed by atoms with Crippen LogP contribution >= 0.6 is 0 Å². The van der Waals surface area contributed by atoms with Crippen LogP contribution < -0.4 is 10.9 Å². The van der Waals surface area contributed by atoms with Crippen molar-refractivity contribution < 1.29 is 9.53 Å². The van der Waals surface area contributed by atoms with Gasteiger partial charge in [-0.25, -0.2) is 9.73 Å². The second-order valence-corrected chi connectivity index (χ2v) is 6.48. The molecular formula is C20H19N5O3. The van der Waals surface area contributed by atoms with Crippen LogP contribution in [-0.4, -0.2) is 46.0 Å². The molecule has 142 valence electrons. The van der Waals surface area contributed by atoms with Crippen LogP contribution in [0.4, 0.5) is 0 Å². The third-order valence-electron chi connectivity index (χ3n) is 4.54. The van der Waals surface area contributed by atoms with Gasteiger partial charge in [0.1, 0.15) is 5.69 Å². The highest BCUT2D eigenvalue weighted by Gasteiger charge is 2.15. The van der Waals surface area contributed by atoms with Gasteiger partial charge >= 0.3 is 0 Å². The van der Waals surface area contributed by atoms with Gasteiger partial charge in [0.25, 0.3) is 11.5 Å². The zero-order valence-corrected chi connectivity index (χ0v) is 15.5.